The van der Waals surface area contributed by atoms with E-state index in [4.69, 9.17) is 9.72 Å². The summed E-state index contributed by atoms with van der Waals surface area (Å²) in [6.45, 7) is 6.60. The van der Waals surface area contributed by atoms with E-state index in [0.717, 1.165) is 59.6 Å². The van der Waals surface area contributed by atoms with Crippen LogP contribution in [-0.2, 0) is 26.0 Å². The second-order valence-electron chi connectivity index (χ2n) is 7.91. The lowest BCUT2D eigenvalue weighted by Crippen LogP contribution is -2.32. The number of fused-ring (bicyclic) bond motifs is 2. The lowest BCUT2D eigenvalue weighted by molar-refractivity contribution is 0.268. The van der Waals surface area contributed by atoms with Crippen LogP contribution in [-0.4, -0.2) is 28.2 Å². The largest absolute Gasteiger partial charge is 0.491 e. The van der Waals surface area contributed by atoms with Gasteiger partial charge in [-0.25, -0.2) is 9.97 Å². The van der Waals surface area contributed by atoms with Gasteiger partial charge in [0.15, 0.2) is 5.82 Å². The molecule has 0 saturated carbocycles. The van der Waals surface area contributed by atoms with Crippen molar-refractivity contribution in [1.82, 2.24) is 9.97 Å². The molecule has 2 heterocycles. The van der Waals surface area contributed by atoms with Gasteiger partial charge in [0.05, 0.1) is 6.54 Å². The number of benzene rings is 1. The molecule has 4 rings (SSSR count). The number of ether oxygens (including phenoxy) is 1. The van der Waals surface area contributed by atoms with Gasteiger partial charge in [-0.15, -0.1) is 0 Å². The van der Waals surface area contributed by atoms with Crippen LogP contribution in [0.3, 0.4) is 0 Å². The fraction of sp³-hybridized carbons (Fsp3) is 0.500. The molecule has 2 aliphatic rings. The average molecular weight is 418 g/mol. The number of anilines is 1. The average Bonchev–Trinajstić information content (AvgIpc) is 2.82. The van der Waals surface area contributed by atoms with Crippen LogP contribution in [0.15, 0.2) is 22.7 Å². The second-order valence-corrected chi connectivity index (χ2v) is 8.83. The summed E-state index contributed by atoms with van der Waals surface area (Å²) in [5.74, 6) is 2.41. The zero-order valence-corrected chi connectivity index (χ0v) is 16.8. The molecule has 0 fully saturated rings. The van der Waals surface area contributed by atoms with Gasteiger partial charge in [0.1, 0.15) is 24.8 Å². The van der Waals surface area contributed by atoms with Gasteiger partial charge in [0.25, 0.3) is 0 Å². The molecule has 1 aromatic heterocycles. The molecule has 6 heteroatoms. The van der Waals surface area contributed by atoms with Gasteiger partial charge in [-0.3, -0.25) is 0 Å². The number of hydrogen-bond donors (Lipinski definition) is 1. The molecule has 0 unspecified atom stereocenters. The molecule has 138 valence electrons. The third kappa shape index (κ3) is 3.45. The van der Waals surface area contributed by atoms with Crippen molar-refractivity contribution >= 4 is 21.7 Å². The minimum Gasteiger partial charge on any atom is -0.491 e. The Labute approximate surface area is 162 Å². The molecule has 0 spiro atoms. The number of halogens is 1. The minimum absolute atomic E-state index is 0.129. The zero-order chi connectivity index (χ0) is 18.3. The fourth-order valence-corrected chi connectivity index (χ4v) is 4.26. The number of hydrogen-bond acceptors (Lipinski definition) is 5. The Hall–Kier alpha value is -1.66. The maximum Gasteiger partial charge on any atom is 0.156 e. The molecule has 5 nitrogen and oxygen atoms in total. The first kappa shape index (κ1) is 17.7. The minimum atomic E-state index is -0.129. The summed E-state index contributed by atoms with van der Waals surface area (Å²) in [6, 6.07) is 6.13. The summed E-state index contributed by atoms with van der Waals surface area (Å²) in [4.78, 5) is 11.6. The quantitative estimate of drug-likeness (QED) is 0.807. The van der Waals surface area contributed by atoms with Crippen molar-refractivity contribution < 1.29 is 9.84 Å². The maximum absolute atomic E-state index is 9.64. The molecular formula is C20H24BrN3O2. The lowest BCUT2D eigenvalue weighted by atomic mass is 9.76. The van der Waals surface area contributed by atoms with E-state index in [1.54, 1.807) is 0 Å². The maximum atomic E-state index is 9.64. The number of nitrogens with zero attached hydrogens (tertiary/aromatic N) is 3. The van der Waals surface area contributed by atoms with E-state index in [-0.39, 0.29) is 12.0 Å². The summed E-state index contributed by atoms with van der Waals surface area (Å²) >= 11 is 3.56. The summed E-state index contributed by atoms with van der Waals surface area (Å²) in [7, 11) is 0. The van der Waals surface area contributed by atoms with Crippen molar-refractivity contribution in [3.63, 3.8) is 0 Å². The molecular weight excluding hydrogens is 394 g/mol. The van der Waals surface area contributed by atoms with E-state index < -0.39 is 0 Å². The molecule has 0 saturated heterocycles. The fourth-order valence-electron chi connectivity index (χ4n) is 3.85. The molecule has 1 aromatic carbocycles. The van der Waals surface area contributed by atoms with Gasteiger partial charge in [-0.05, 0) is 42.9 Å². The van der Waals surface area contributed by atoms with Crippen molar-refractivity contribution in [2.75, 3.05) is 18.1 Å². The monoisotopic (exact) mass is 417 g/mol. The van der Waals surface area contributed by atoms with Crippen LogP contribution in [0.5, 0.6) is 5.75 Å². The molecule has 0 bridgehead atoms. The first-order chi connectivity index (χ1) is 12.4. The molecule has 0 radical (unpaired) electrons. The standard InChI is InChI=1S/C20H24BrN3O2/c1-20(2)6-5-16-15(10-20)19(23-18(12-25)22-16)24-7-8-26-17-4-3-14(21)9-13(17)11-24/h3-4,9,25H,5-8,10-12H2,1-2H3. The Morgan fingerprint density at radius 1 is 1.31 bits per heavy atom. The smallest absolute Gasteiger partial charge is 0.156 e. The highest BCUT2D eigenvalue weighted by molar-refractivity contribution is 9.10. The number of rotatable bonds is 2. The second kappa shape index (κ2) is 6.82. The van der Waals surface area contributed by atoms with Crippen LogP contribution >= 0.6 is 15.9 Å². The van der Waals surface area contributed by atoms with Gasteiger partial charge in [-0.2, -0.15) is 0 Å². The van der Waals surface area contributed by atoms with E-state index in [0.29, 0.717) is 12.4 Å². The lowest BCUT2D eigenvalue weighted by Gasteiger charge is -2.34. The van der Waals surface area contributed by atoms with Crippen molar-refractivity contribution in [1.29, 1.82) is 0 Å². The first-order valence-electron chi connectivity index (χ1n) is 9.11. The van der Waals surface area contributed by atoms with Crippen LogP contribution in [0.25, 0.3) is 0 Å². The topological polar surface area (TPSA) is 58.5 Å². The molecule has 0 atom stereocenters. The van der Waals surface area contributed by atoms with E-state index >= 15 is 0 Å². The highest BCUT2D eigenvalue weighted by atomic mass is 79.9. The predicted octanol–water partition coefficient (Wildman–Crippen LogP) is 3.65. The van der Waals surface area contributed by atoms with E-state index in [9.17, 15) is 5.11 Å². The molecule has 1 aliphatic carbocycles. The van der Waals surface area contributed by atoms with Gasteiger partial charge >= 0.3 is 0 Å². The third-order valence-electron chi connectivity index (χ3n) is 5.25. The summed E-state index contributed by atoms with van der Waals surface area (Å²) in [6.07, 6.45) is 3.02. The molecule has 1 aliphatic heterocycles. The number of aliphatic hydroxyl groups excluding tert-OH is 1. The third-order valence-corrected chi connectivity index (χ3v) is 5.75. The van der Waals surface area contributed by atoms with Gasteiger partial charge in [-0.1, -0.05) is 29.8 Å². The first-order valence-corrected chi connectivity index (χ1v) is 9.90. The Bertz CT molecular complexity index is 838. The van der Waals surface area contributed by atoms with Crippen LogP contribution in [0.4, 0.5) is 5.82 Å². The van der Waals surface area contributed by atoms with Gasteiger partial charge < -0.3 is 14.7 Å². The number of aryl methyl sites for hydroxylation is 1. The summed E-state index contributed by atoms with van der Waals surface area (Å²) in [5, 5.41) is 9.64. The Morgan fingerprint density at radius 3 is 2.96 bits per heavy atom. The summed E-state index contributed by atoms with van der Waals surface area (Å²) < 4.78 is 6.99. The van der Waals surface area contributed by atoms with Crippen molar-refractivity contribution in [2.24, 2.45) is 5.41 Å². The molecule has 1 N–H and O–H groups in total. The molecule has 0 amide bonds. The SMILES string of the molecule is CC1(C)CCc2nc(CO)nc(N3CCOc4ccc(Br)cc4C3)c2C1. The van der Waals surface area contributed by atoms with Gasteiger partial charge in [0.2, 0.25) is 0 Å². The van der Waals surface area contributed by atoms with E-state index in [2.05, 4.69) is 45.7 Å². The zero-order valence-electron chi connectivity index (χ0n) is 15.3. The van der Waals surface area contributed by atoms with Crippen molar-refractivity contribution in [2.45, 2.75) is 46.3 Å². The number of aromatic nitrogens is 2. The van der Waals surface area contributed by atoms with Crippen LogP contribution in [0.1, 0.15) is 42.9 Å². The predicted molar refractivity (Wildman–Crippen MR) is 104 cm³/mol. The number of aliphatic hydroxyl groups is 1. The Kier molecular flexibility index (Phi) is 4.65. The highest BCUT2D eigenvalue weighted by Crippen LogP contribution is 2.39. The van der Waals surface area contributed by atoms with Crippen LogP contribution < -0.4 is 9.64 Å². The highest BCUT2D eigenvalue weighted by Gasteiger charge is 2.31. The Morgan fingerprint density at radius 2 is 2.15 bits per heavy atom. The Balaban J connectivity index is 1.77. The van der Waals surface area contributed by atoms with Crippen molar-refractivity contribution in [3.8, 4) is 5.75 Å². The van der Waals surface area contributed by atoms with Crippen molar-refractivity contribution in [3.05, 3.63) is 45.3 Å². The van der Waals surface area contributed by atoms with E-state index in [1.165, 1.54) is 5.56 Å². The van der Waals surface area contributed by atoms with E-state index in [1.807, 2.05) is 12.1 Å². The molecule has 26 heavy (non-hydrogen) atoms. The molecule has 2 aromatic rings. The van der Waals surface area contributed by atoms with Crippen LogP contribution in [0, 0.1) is 5.41 Å². The normalized spacial score (nSPS) is 18.5. The summed E-state index contributed by atoms with van der Waals surface area (Å²) in [5.41, 5.74) is 3.72. The van der Waals surface area contributed by atoms with Crippen LogP contribution in [0.2, 0.25) is 0 Å². The van der Waals surface area contributed by atoms with Gasteiger partial charge in [0, 0.05) is 27.8 Å².